The fraction of sp³-hybridized carbons (Fsp3) is 0.0714. The highest BCUT2D eigenvalue weighted by atomic mass is 19.4. The number of alkyl halides is 3. The second kappa shape index (κ2) is 5.24. The molecule has 0 aliphatic rings. The number of carbonyl (C=O) groups is 1. The number of amides is 1. The average molecular weight is 281 g/mol. The Morgan fingerprint density at radius 3 is 2.25 bits per heavy atom. The molecule has 0 spiro atoms. The van der Waals surface area contributed by atoms with Crippen molar-refractivity contribution in [2.75, 3.05) is 5.32 Å². The molecule has 0 aliphatic carbocycles. The van der Waals surface area contributed by atoms with Crippen LogP contribution in [0.5, 0.6) is 5.75 Å². The van der Waals surface area contributed by atoms with Crippen LogP contribution in [0.15, 0.2) is 48.5 Å². The lowest BCUT2D eigenvalue weighted by molar-refractivity contribution is -0.137. The van der Waals surface area contributed by atoms with E-state index < -0.39 is 17.6 Å². The molecule has 0 heterocycles. The number of phenols is 1. The molecule has 0 aliphatic heterocycles. The molecule has 0 saturated carbocycles. The Hall–Kier alpha value is -2.50. The summed E-state index contributed by atoms with van der Waals surface area (Å²) in [7, 11) is 0. The third-order valence-corrected chi connectivity index (χ3v) is 2.58. The first kappa shape index (κ1) is 13.9. The van der Waals surface area contributed by atoms with Crippen LogP contribution in [0.3, 0.4) is 0 Å². The molecular weight excluding hydrogens is 271 g/mol. The maximum absolute atomic E-state index is 12.4. The van der Waals surface area contributed by atoms with Gasteiger partial charge >= 0.3 is 6.18 Å². The summed E-state index contributed by atoms with van der Waals surface area (Å²) in [5.41, 5.74) is -0.359. The van der Waals surface area contributed by atoms with Gasteiger partial charge in [-0.3, -0.25) is 4.79 Å². The molecule has 0 bridgehead atoms. The second-order valence-electron chi connectivity index (χ2n) is 4.08. The molecule has 6 heteroatoms. The van der Waals surface area contributed by atoms with Crippen molar-refractivity contribution in [3.8, 4) is 5.75 Å². The number of rotatable bonds is 2. The fourth-order valence-electron chi connectivity index (χ4n) is 1.60. The van der Waals surface area contributed by atoms with Gasteiger partial charge in [-0.05, 0) is 36.4 Å². The molecular formula is C14H10F3NO2. The van der Waals surface area contributed by atoms with Crippen LogP contribution >= 0.6 is 0 Å². The Bertz CT molecular complexity index is 621. The molecule has 0 atom stereocenters. The molecule has 0 fully saturated rings. The number of carbonyl (C=O) groups excluding carboxylic acids is 1. The summed E-state index contributed by atoms with van der Waals surface area (Å²) >= 11 is 0. The third kappa shape index (κ3) is 3.28. The second-order valence-corrected chi connectivity index (χ2v) is 4.08. The Kier molecular flexibility index (Phi) is 3.65. The van der Waals surface area contributed by atoms with Gasteiger partial charge in [-0.1, -0.05) is 6.07 Å². The van der Waals surface area contributed by atoms with E-state index in [1.54, 1.807) is 6.07 Å². The lowest BCUT2D eigenvalue weighted by Crippen LogP contribution is -2.12. The first-order chi connectivity index (χ1) is 9.36. The van der Waals surface area contributed by atoms with Gasteiger partial charge in [-0.2, -0.15) is 13.2 Å². The van der Waals surface area contributed by atoms with Crippen molar-refractivity contribution in [1.82, 2.24) is 0 Å². The van der Waals surface area contributed by atoms with E-state index in [2.05, 4.69) is 5.32 Å². The van der Waals surface area contributed by atoms with E-state index >= 15 is 0 Å². The van der Waals surface area contributed by atoms with Gasteiger partial charge in [-0.15, -0.1) is 0 Å². The normalized spacial score (nSPS) is 11.2. The molecule has 0 unspecified atom stereocenters. The van der Waals surface area contributed by atoms with E-state index in [-0.39, 0.29) is 11.3 Å². The van der Waals surface area contributed by atoms with E-state index in [4.69, 9.17) is 0 Å². The number of hydrogen-bond acceptors (Lipinski definition) is 2. The van der Waals surface area contributed by atoms with E-state index in [0.717, 1.165) is 24.3 Å². The van der Waals surface area contributed by atoms with Gasteiger partial charge in [0.25, 0.3) is 5.91 Å². The molecule has 2 aromatic rings. The van der Waals surface area contributed by atoms with Crippen LogP contribution in [-0.2, 0) is 6.18 Å². The SMILES string of the molecule is O=C(Nc1cccc(O)c1)c1ccc(C(F)(F)F)cc1. The molecule has 0 radical (unpaired) electrons. The fourth-order valence-corrected chi connectivity index (χ4v) is 1.60. The number of nitrogens with one attached hydrogen (secondary N) is 1. The molecule has 0 aromatic heterocycles. The number of phenolic OH excluding ortho intramolecular Hbond substituents is 1. The van der Waals surface area contributed by atoms with Gasteiger partial charge in [0.15, 0.2) is 0 Å². The van der Waals surface area contributed by atoms with Crippen molar-refractivity contribution in [3.63, 3.8) is 0 Å². The highest BCUT2D eigenvalue weighted by molar-refractivity contribution is 6.04. The summed E-state index contributed by atoms with van der Waals surface area (Å²) in [6.07, 6.45) is -4.43. The summed E-state index contributed by atoms with van der Waals surface area (Å²) in [4.78, 5) is 11.8. The van der Waals surface area contributed by atoms with Gasteiger partial charge in [0.05, 0.1) is 5.56 Å². The quantitative estimate of drug-likeness (QED) is 0.882. The summed E-state index contributed by atoms with van der Waals surface area (Å²) in [5, 5.41) is 11.7. The Balaban J connectivity index is 2.14. The molecule has 1 amide bonds. The molecule has 3 nitrogen and oxygen atoms in total. The van der Waals surface area contributed by atoms with Crippen LogP contribution < -0.4 is 5.32 Å². The predicted octanol–water partition coefficient (Wildman–Crippen LogP) is 3.66. The maximum Gasteiger partial charge on any atom is 0.416 e. The van der Waals surface area contributed by atoms with E-state index in [1.807, 2.05) is 0 Å². The first-order valence-corrected chi connectivity index (χ1v) is 5.64. The summed E-state index contributed by atoms with van der Waals surface area (Å²) in [5.74, 6) is -0.570. The molecule has 104 valence electrons. The lowest BCUT2D eigenvalue weighted by atomic mass is 10.1. The third-order valence-electron chi connectivity index (χ3n) is 2.58. The summed E-state index contributed by atoms with van der Waals surface area (Å²) in [6, 6.07) is 9.76. The van der Waals surface area contributed by atoms with Gasteiger partial charge in [-0.25, -0.2) is 0 Å². The average Bonchev–Trinajstić information content (AvgIpc) is 2.38. The zero-order valence-corrected chi connectivity index (χ0v) is 10.1. The smallest absolute Gasteiger partial charge is 0.416 e. The molecule has 2 rings (SSSR count). The van der Waals surface area contributed by atoms with E-state index in [9.17, 15) is 23.1 Å². The summed E-state index contributed by atoms with van der Waals surface area (Å²) < 4.78 is 37.2. The zero-order chi connectivity index (χ0) is 14.8. The van der Waals surface area contributed by atoms with Crippen LogP contribution in [0.1, 0.15) is 15.9 Å². The van der Waals surface area contributed by atoms with Gasteiger partial charge in [0.2, 0.25) is 0 Å². The largest absolute Gasteiger partial charge is 0.508 e. The number of hydrogen-bond donors (Lipinski definition) is 2. The highest BCUT2D eigenvalue weighted by Crippen LogP contribution is 2.29. The minimum Gasteiger partial charge on any atom is -0.508 e. The van der Waals surface area contributed by atoms with Crippen LogP contribution in [0, 0.1) is 0 Å². The number of halogens is 3. The first-order valence-electron chi connectivity index (χ1n) is 5.64. The minimum absolute atomic E-state index is 0.0183. The van der Waals surface area contributed by atoms with Crippen LogP contribution in [-0.4, -0.2) is 11.0 Å². The Morgan fingerprint density at radius 1 is 1.05 bits per heavy atom. The number of benzene rings is 2. The Labute approximate surface area is 112 Å². The van der Waals surface area contributed by atoms with E-state index in [0.29, 0.717) is 5.69 Å². The van der Waals surface area contributed by atoms with Crippen molar-refractivity contribution in [3.05, 3.63) is 59.7 Å². The molecule has 20 heavy (non-hydrogen) atoms. The standard InChI is InChI=1S/C14H10F3NO2/c15-14(16,17)10-6-4-9(5-7-10)13(20)18-11-2-1-3-12(19)8-11/h1-8,19H,(H,18,20). The molecule has 2 aromatic carbocycles. The van der Waals surface area contributed by atoms with Crippen molar-refractivity contribution in [2.24, 2.45) is 0 Å². The van der Waals surface area contributed by atoms with Gasteiger partial charge < -0.3 is 10.4 Å². The van der Waals surface area contributed by atoms with Crippen molar-refractivity contribution in [1.29, 1.82) is 0 Å². The van der Waals surface area contributed by atoms with Gasteiger partial charge in [0.1, 0.15) is 5.75 Å². The topological polar surface area (TPSA) is 49.3 Å². The highest BCUT2D eigenvalue weighted by Gasteiger charge is 2.30. The maximum atomic E-state index is 12.4. The molecule has 2 N–H and O–H groups in total. The van der Waals surface area contributed by atoms with E-state index in [1.165, 1.54) is 18.2 Å². The molecule has 0 saturated heterocycles. The van der Waals surface area contributed by atoms with Gasteiger partial charge in [0, 0.05) is 17.3 Å². The van der Waals surface area contributed by atoms with Crippen LogP contribution in [0.25, 0.3) is 0 Å². The summed E-state index contributed by atoms with van der Waals surface area (Å²) in [6.45, 7) is 0. The monoisotopic (exact) mass is 281 g/mol. The number of aromatic hydroxyl groups is 1. The van der Waals surface area contributed by atoms with Crippen molar-refractivity contribution < 1.29 is 23.1 Å². The number of anilines is 1. The lowest BCUT2D eigenvalue weighted by Gasteiger charge is -2.08. The van der Waals surface area contributed by atoms with Crippen molar-refractivity contribution in [2.45, 2.75) is 6.18 Å². The van der Waals surface area contributed by atoms with Crippen LogP contribution in [0.4, 0.5) is 18.9 Å². The van der Waals surface area contributed by atoms with Crippen LogP contribution in [0.2, 0.25) is 0 Å². The Morgan fingerprint density at radius 2 is 1.70 bits per heavy atom. The zero-order valence-electron chi connectivity index (χ0n) is 10.1. The minimum atomic E-state index is -4.43. The predicted molar refractivity (Wildman–Crippen MR) is 67.5 cm³/mol. The van der Waals surface area contributed by atoms with Crippen molar-refractivity contribution >= 4 is 11.6 Å².